The minimum Gasteiger partial charge on any atom is -0.481 e. The van der Waals surface area contributed by atoms with E-state index >= 15 is 0 Å². The highest BCUT2D eigenvalue weighted by Gasteiger charge is 2.36. The average molecular weight is 629 g/mol. The number of primary amides is 1. The summed E-state index contributed by atoms with van der Waals surface area (Å²) in [6.45, 7) is 15.3. The summed E-state index contributed by atoms with van der Waals surface area (Å²) in [4.78, 5) is 35.4. The van der Waals surface area contributed by atoms with Crippen LogP contribution in [0.3, 0.4) is 0 Å². The molecule has 12 nitrogen and oxygen atoms in total. The molecule has 0 bridgehead atoms. The van der Waals surface area contributed by atoms with E-state index in [1.165, 1.54) is 19.9 Å². The van der Waals surface area contributed by atoms with Gasteiger partial charge in [-0.25, -0.2) is 4.79 Å². The van der Waals surface area contributed by atoms with Crippen LogP contribution in [0.5, 0.6) is 0 Å². The zero-order valence-electron chi connectivity index (χ0n) is 27.1. The predicted octanol–water partition coefficient (Wildman–Crippen LogP) is 1.64. The van der Waals surface area contributed by atoms with Crippen molar-refractivity contribution in [2.75, 3.05) is 13.1 Å². The molecule has 0 aliphatic rings. The Bertz CT molecular complexity index is 957. The first-order valence-corrected chi connectivity index (χ1v) is 15.2. The van der Waals surface area contributed by atoms with E-state index < -0.39 is 72.4 Å². The molecule has 44 heavy (non-hydrogen) atoms. The highest BCUT2D eigenvalue weighted by molar-refractivity contribution is 5.83. The number of aliphatic hydroxyl groups is 5. The Hall–Kier alpha value is -2.61. The zero-order valence-corrected chi connectivity index (χ0v) is 27.1. The van der Waals surface area contributed by atoms with Crippen molar-refractivity contribution in [2.24, 2.45) is 47.2 Å². The number of carboxylic acid groups (broad SMARTS) is 1. The number of ketones is 1. The van der Waals surface area contributed by atoms with E-state index in [2.05, 4.69) is 11.9 Å². The molecule has 0 saturated carbocycles. The van der Waals surface area contributed by atoms with E-state index in [1.807, 2.05) is 0 Å². The van der Waals surface area contributed by atoms with Crippen LogP contribution in [0.25, 0.3) is 0 Å². The topological polar surface area (TPSA) is 220 Å². The van der Waals surface area contributed by atoms with Crippen molar-refractivity contribution in [2.45, 2.75) is 91.5 Å². The van der Waals surface area contributed by atoms with Gasteiger partial charge in [-0.2, -0.15) is 0 Å². The van der Waals surface area contributed by atoms with Crippen LogP contribution in [0.4, 0.5) is 4.79 Å². The fourth-order valence-electron chi connectivity index (χ4n) is 5.04. The SMILES string of the molecule is C=C/C=C\[C@H](C)C(OC(N)=O)[C@@H](C)[C@H](O)[C@@H](C)C(=O)CNCC(C)C(O)C(C)/C=C\[C@@H](O)C[C@H](O)[C@@H](C)[C@H](O)[C@@H](C)C(=O)O. The molecule has 0 saturated heterocycles. The minimum absolute atomic E-state index is 0.0549. The Balaban J connectivity index is 4.94. The number of aliphatic hydroxyl groups excluding tert-OH is 5. The van der Waals surface area contributed by atoms with Crippen LogP contribution in [0, 0.1) is 41.4 Å². The number of amides is 1. The van der Waals surface area contributed by atoms with Crippen molar-refractivity contribution >= 4 is 17.8 Å². The molecular formula is C32H56N2O10. The minimum atomic E-state index is -1.28. The smallest absolute Gasteiger partial charge is 0.404 e. The third-order valence-electron chi connectivity index (χ3n) is 8.45. The number of nitrogens with one attached hydrogen (secondary N) is 1. The van der Waals surface area contributed by atoms with E-state index in [4.69, 9.17) is 15.6 Å². The molecule has 0 spiro atoms. The Labute approximate surface area is 261 Å². The van der Waals surface area contributed by atoms with Crippen molar-refractivity contribution in [3.8, 4) is 0 Å². The van der Waals surface area contributed by atoms with Crippen LogP contribution < -0.4 is 11.1 Å². The number of nitrogens with two attached hydrogens (primary N) is 1. The zero-order chi connectivity index (χ0) is 34.3. The van der Waals surface area contributed by atoms with Gasteiger partial charge in [-0.15, -0.1) is 0 Å². The molecule has 12 heteroatoms. The molecule has 4 unspecified atom stereocenters. The molecule has 9 N–H and O–H groups in total. The molecule has 254 valence electrons. The maximum Gasteiger partial charge on any atom is 0.404 e. The molecule has 1 amide bonds. The molecule has 0 aromatic rings. The largest absolute Gasteiger partial charge is 0.481 e. The number of carboxylic acids is 1. The highest BCUT2D eigenvalue weighted by Crippen LogP contribution is 2.26. The van der Waals surface area contributed by atoms with Crippen molar-refractivity contribution in [1.82, 2.24) is 5.32 Å². The number of hydrogen-bond donors (Lipinski definition) is 8. The quantitative estimate of drug-likeness (QED) is 0.0636. The van der Waals surface area contributed by atoms with Crippen LogP contribution in [-0.4, -0.2) is 98.2 Å². The number of ether oxygens (including phenoxy) is 1. The summed E-state index contributed by atoms with van der Waals surface area (Å²) in [6.07, 6.45) is 0.777. The Morgan fingerprint density at radius 3 is 1.91 bits per heavy atom. The lowest BCUT2D eigenvalue weighted by Gasteiger charge is -2.32. The summed E-state index contributed by atoms with van der Waals surface area (Å²) >= 11 is 0. The maximum atomic E-state index is 12.8. The van der Waals surface area contributed by atoms with E-state index in [9.17, 15) is 39.9 Å². The van der Waals surface area contributed by atoms with E-state index in [0.717, 1.165) is 0 Å². The fraction of sp³-hybridized carbons (Fsp3) is 0.719. The van der Waals surface area contributed by atoms with Crippen molar-refractivity contribution in [1.29, 1.82) is 0 Å². The summed E-state index contributed by atoms with van der Waals surface area (Å²) in [7, 11) is 0. The number of Topliss-reactive ketones (excluding diaryl/α,β-unsaturated/α-hetero) is 1. The molecular weight excluding hydrogens is 572 g/mol. The first kappa shape index (κ1) is 41.4. The van der Waals surface area contributed by atoms with E-state index in [1.54, 1.807) is 58.9 Å². The van der Waals surface area contributed by atoms with E-state index in [-0.39, 0.29) is 36.5 Å². The standard InChI is InChI=1S/C32H56N2O10/c1-9-10-11-18(3)30(44-32(33)43)22(7)28(39)21(6)26(37)16-34-15-19(4)27(38)17(2)12-13-24(35)14-25(36)20(5)29(40)23(8)31(41)42/h9-13,17-25,27-30,34-36,38-40H,1,14-16H2,2-8H3,(H2,33,43)(H,41,42)/b11-10-,13-12-/t17?,18-,19?,20+,21-,22-,23+,24+,25-,27?,28+,29-,30?/m0/s1. The van der Waals surface area contributed by atoms with Crippen LogP contribution in [0.15, 0.2) is 37.0 Å². The number of hydrogen-bond acceptors (Lipinski definition) is 10. The second-order valence-corrected chi connectivity index (χ2v) is 12.2. The van der Waals surface area contributed by atoms with Gasteiger partial charge in [-0.3, -0.25) is 9.59 Å². The van der Waals surface area contributed by atoms with Gasteiger partial charge in [0.05, 0.1) is 43.0 Å². The van der Waals surface area contributed by atoms with Gasteiger partial charge in [0.25, 0.3) is 0 Å². The fourth-order valence-corrected chi connectivity index (χ4v) is 5.04. The maximum absolute atomic E-state index is 12.8. The number of allylic oxidation sites excluding steroid dienone is 2. The average Bonchev–Trinajstić information content (AvgIpc) is 2.97. The number of carbonyl (C=O) groups is 3. The normalized spacial score (nSPS) is 21.2. The van der Waals surface area contributed by atoms with Crippen LogP contribution in [0.1, 0.15) is 54.9 Å². The molecule has 0 rings (SSSR count). The lowest BCUT2D eigenvalue weighted by Crippen LogP contribution is -2.44. The van der Waals surface area contributed by atoms with Crippen molar-refractivity contribution < 1.29 is 49.8 Å². The van der Waals surface area contributed by atoms with Gasteiger partial charge >= 0.3 is 12.1 Å². The lowest BCUT2D eigenvalue weighted by atomic mass is 9.82. The molecule has 0 aliphatic carbocycles. The number of carbonyl (C=O) groups excluding carboxylic acids is 2. The van der Waals surface area contributed by atoms with Gasteiger partial charge in [0, 0.05) is 42.6 Å². The Kier molecular flexibility index (Phi) is 19.2. The summed E-state index contributed by atoms with van der Waals surface area (Å²) in [5.74, 6) is -5.63. The summed E-state index contributed by atoms with van der Waals surface area (Å²) in [5.41, 5.74) is 5.23. The highest BCUT2D eigenvalue weighted by atomic mass is 16.6. The van der Waals surface area contributed by atoms with Gasteiger partial charge < -0.3 is 46.4 Å². The molecule has 13 atom stereocenters. The first-order chi connectivity index (χ1) is 20.4. The predicted molar refractivity (Wildman–Crippen MR) is 167 cm³/mol. The Morgan fingerprint density at radius 1 is 0.818 bits per heavy atom. The van der Waals surface area contributed by atoms with Crippen LogP contribution in [0.2, 0.25) is 0 Å². The third kappa shape index (κ3) is 14.0. The van der Waals surface area contributed by atoms with Crippen molar-refractivity contribution in [3.63, 3.8) is 0 Å². The third-order valence-corrected chi connectivity index (χ3v) is 8.45. The Morgan fingerprint density at radius 2 is 1.39 bits per heavy atom. The lowest BCUT2D eigenvalue weighted by molar-refractivity contribution is -0.147. The summed E-state index contributed by atoms with van der Waals surface area (Å²) < 4.78 is 5.25. The molecule has 0 aromatic carbocycles. The van der Waals surface area contributed by atoms with Gasteiger partial charge in [-0.1, -0.05) is 78.5 Å². The number of aliphatic carboxylic acids is 1. The second kappa shape index (κ2) is 20.4. The second-order valence-electron chi connectivity index (χ2n) is 12.2. The molecule has 0 heterocycles. The van der Waals surface area contributed by atoms with E-state index in [0.29, 0.717) is 6.54 Å². The van der Waals surface area contributed by atoms with Crippen LogP contribution >= 0.6 is 0 Å². The van der Waals surface area contributed by atoms with Crippen molar-refractivity contribution in [3.05, 3.63) is 37.0 Å². The first-order valence-electron chi connectivity index (χ1n) is 15.2. The van der Waals surface area contributed by atoms with Gasteiger partial charge in [0.1, 0.15) is 6.10 Å². The molecule has 0 aliphatic heterocycles. The monoisotopic (exact) mass is 628 g/mol. The van der Waals surface area contributed by atoms with Gasteiger partial charge in [0.15, 0.2) is 5.78 Å². The molecule has 0 fully saturated rings. The van der Waals surface area contributed by atoms with Gasteiger partial charge in [0.2, 0.25) is 0 Å². The summed E-state index contributed by atoms with van der Waals surface area (Å²) in [5, 5.41) is 64.5. The van der Waals surface area contributed by atoms with Gasteiger partial charge in [-0.05, 0) is 12.8 Å². The summed E-state index contributed by atoms with van der Waals surface area (Å²) in [6, 6.07) is 0. The number of rotatable bonds is 22. The molecule has 0 aromatic heterocycles. The van der Waals surface area contributed by atoms with Crippen LogP contribution in [-0.2, 0) is 14.3 Å². The molecule has 0 radical (unpaired) electrons.